The van der Waals surface area contributed by atoms with Gasteiger partial charge in [-0.25, -0.2) is 4.98 Å². The summed E-state index contributed by atoms with van der Waals surface area (Å²) < 4.78 is 12.3. The van der Waals surface area contributed by atoms with Gasteiger partial charge in [-0.1, -0.05) is 23.0 Å². The normalized spacial score (nSPS) is 12.9. The van der Waals surface area contributed by atoms with Gasteiger partial charge in [-0.05, 0) is 19.1 Å². The van der Waals surface area contributed by atoms with E-state index >= 15 is 0 Å². The first-order valence-electron chi connectivity index (χ1n) is 6.18. The van der Waals surface area contributed by atoms with Crippen LogP contribution in [0, 0.1) is 0 Å². The summed E-state index contributed by atoms with van der Waals surface area (Å²) in [7, 11) is 1.60. The summed E-state index contributed by atoms with van der Waals surface area (Å²) in [5.74, 6) is 1.14. The average molecular weight is 290 g/mol. The number of nitrogens with zero attached hydrogens (tertiary/aromatic N) is 4. The molecule has 6 nitrogen and oxygen atoms in total. The number of rotatable bonds is 5. The van der Waals surface area contributed by atoms with Crippen LogP contribution in [0.3, 0.4) is 0 Å². The van der Waals surface area contributed by atoms with E-state index in [1.807, 2.05) is 41.9 Å². The molecule has 1 unspecified atom stereocenters. The fourth-order valence-electron chi connectivity index (χ4n) is 1.84. The van der Waals surface area contributed by atoms with Crippen molar-refractivity contribution in [2.45, 2.75) is 23.9 Å². The van der Waals surface area contributed by atoms with Crippen LogP contribution in [-0.2, 0) is 11.3 Å². The Balaban J connectivity index is 1.79. The Hall–Kier alpha value is -1.86. The number of aromatic nitrogens is 4. The van der Waals surface area contributed by atoms with E-state index in [0.717, 1.165) is 10.7 Å². The lowest BCUT2D eigenvalue weighted by atomic mass is 10.4. The molecule has 0 amide bonds. The number of hydrogen-bond acceptors (Lipinski definition) is 6. The lowest BCUT2D eigenvalue weighted by Crippen LogP contribution is -1.94. The van der Waals surface area contributed by atoms with Gasteiger partial charge in [0.15, 0.2) is 11.0 Å². The third-order valence-electron chi connectivity index (χ3n) is 2.79. The predicted octanol–water partition coefficient (Wildman–Crippen LogP) is 2.72. The van der Waals surface area contributed by atoms with Crippen LogP contribution in [-0.4, -0.2) is 26.6 Å². The maximum Gasteiger partial charge on any atom is 0.240 e. The number of pyridine rings is 1. The summed E-state index contributed by atoms with van der Waals surface area (Å²) in [5.41, 5.74) is 1.06. The van der Waals surface area contributed by atoms with Crippen molar-refractivity contribution in [3.8, 4) is 0 Å². The van der Waals surface area contributed by atoms with Gasteiger partial charge in [0.05, 0.1) is 17.0 Å². The second-order valence-corrected chi connectivity index (χ2v) is 5.59. The Morgan fingerprint density at radius 1 is 1.45 bits per heavy atom. The van der Waals surface area contributed by atoms with Gasteiger partial charge >= 0.3 is 0 Å². The zero-order chi connectivity index (χ0) is 13.9. The molecule has 3 rings (SSSR count). The second-order valence-electron chi connectivity index (χ2n) is 4.28. The number of imidazole rings is 1. The molecular weight excluding hydrogens is 276 g/mol. The highest BCUT2D eigenvalue weighted by molar-refractivity contribution is 7.99. The highest BCUT2D eigenvalue weighted by atomic mass is 32.2. The molecule has 3 heterocycles. The fraction of sp³-hybridized carbons (Fsp3) is 0.308. The van der Waals surface area contributed by atoms with Crippen molar-refractivity contribution in [1.29, 1.82) is 0 Å². The first-order chi connectivity index (χ1) is 9.78. The molecule has 0 N–H and O–H groups in total. The van der Waals surface area contributed by atoms with E-state index in [2.05, 4.69) is 15.1 Å². The molecule has 3 aromatic rings. The lowest BCUT2D eigenvalue weighted by molar-refractivity contribution is 0.174. The minimum Gasteiger partial charge on any atom is -0.377 e. The van der Waals surface area contributed by atoms with Crippen LogP contribution in [0.4, 0.5) is 0 Å². The van der Waals surface area contributed by atoms with Crippen LogP contribution < -0.4 is 0 Å². The average Bonchev–Trinajstić information content (AvgIpc) is 3.07. The van der Waals surface area contributed by atoms with Gasteiger partial charge in [0.25, 0.3) is 0 Å². The van der Waals surface area contributed by atoms with Gasteiger partial charge < -0.3 is 9.26 Å². The van der Waals surface area contributed by atoms with Gasteiger partial charge in [-0.2, -0.15) is 4.98 Å². The summed E-state index contributed by atoms with van der Waals surface area (Å²) in [6.07, 6.45) is 3.83. The minimum absolute atomic E-state index is 0.0268. The van der Waals surface area contributed by atoms with Crippen LogP contribution in [0.5, 0.6) is 0 Å². The molecule has 0 aliphatic carbocycles. The highest BCUT2D eigenvalue weighted by Gasteiger charge is 2.17. The molecule has 0 bridgehead atoms. The van der Waals surface area contributed by atoms with Gasteiger partial charge in [0.1, 0.15) is 6.61 Å². The SMILES string of the molecule is COCc1noc(C(C)Sc2ncc3ccccn23)n1. The number of fused-ring (bicyclic) bond motifs is 1. The lowest BCUT2D eigenvalue weighted by Gasteiger charge is -2.05. The zero-order valence-electron chi connectivity index (χ0n) is 11.2. The summed E-state index contributed by atoms with van der Waals surface area (Å²) in [6, 6.07) is 5.99. The predicted molar refractivity (Wildman–Crippen MR) is 74.5 cm³/mol. The smallest absolute Gasteiger partial charge is 0.240 e. The van der Waals surface area contributed by atoms with E-state index in [1.165, 1.54) is 0 Å². The molecule has 0 fully saturated rings. The number of hydrogen-bond donors (Lipinski definition) is 0. The molecule has 0 aliphatic rings. The van der Waals surface area contributed by atoms with Crippen molar-refractivity contribution >= 4 is 17.3 Å². The second kappa shape index (κ2) is 5.64. The van der Waals surface area contributed by atoms with Gasteiger partial charge in [0.2, 0.25) is 5.89 Å². The first kappa shape index (κ1) is 13.1. The molecule has 0 radical (unpaired) electrons. The maximum absolute atomic E-state index is 5.24. The summed E-state index contributed by atoms with van der Waals surface area (Å²) in [5, 5.41) is 4.80. The van der Waals surface area contributed by atoms with E-state index in [4.69, 9.17) is 9.26 Å². The Labute approximate surface area is 120 Å². The molecule has 7 heteroatoms. The zero-order valence-corrected chi connectivity index (χ0v) is 12.0. The van der Waals surface area contributed by atoms with Crippen LogP contribution in [0.25, 0.3) is 5.52 Å². The van der Waals surface area contributed by atoms with Crippen molar-refractivity contribution in [2.24, 2.45) is 0 Å². The number of methoxy groups -OCH3 is 1. The number of ether oxygens (including phenoxy) is 1. The third-order valence-corrected chi connectivity index (χ3v) is 3.86. The van der Waals surface area contributed by atoms with Crippen molar-refractivity contribution < 1.29 is 9.26 Å². The van der Waals surface area contributed by atoms with Crippen LogP contribution in [0.1, 0.15) is 23.9 Å². The van der Waals surface area contributed by atoms with E-state index in [1.54, 1.807) is 18.9 Å². The fourth-order valence-corrected chi connectivity index (χ4v) is 2.74. The molecule has 20 heavy (non-hydrogen) atoms. The Kier molecular flexibility index (Phi) is 3.70. The Morgan fingerprint density at radius 2 is 2.35 bits per heavy atom. The maximum atomic E-state index is 5.24. The van der Waals surface area contributed by atoms with Crippen LogP contribution in [0.15, 0.2) is 40.3 Å². The van der Waals surface area contributed by atoms with Crippen molar-refractivity contribution in [3.05, 3.63) is 42.3 Å². The molecule has 0 aliphatic heterocycles. The van der Waals surface area contributed by atoms with E-state index in [9.17, 15) is 0 Å². The molecule has 104 valence electrons. The summed E-state index contributed by atoms with van der Waals surface area (Å²) >= 11 is 1.58. The molecule has 3 aromatic heterocycles. The molecule has 1 atom stereocenters. The van der Waals surface area contributed by atoms with Crippen molar-refractivity contribution in [3.63, 3.8) is 0 Å². The van der Waals surface area contributed by atoms with E-state index in [-0.39, 0.29) is 5.25 Å². The van der Waals surface area contributed by atoms with E-state index in [0.29, 0.717) is 18.3 Å². The molecule has 0 spiro atoms. The van der Waals surface area contributed by atoms with Crippen LogP contribution in [0.2, 0.25) is 0 Å². The topological polar surface area (TPSA) is 65.5 Å². The van der Waals surface area contributed by atoms with Gasteiger partial charge in [0, 0.05) is 13.3 Å². The molecule has 0 saturated heterocycles. The minimum atomic E-state index is 0.0268. The van der Waals surface area contributed by atoms with Crippen LogP contribution >= 0.6 is 11.8 Å². The standard InChI is InChI=1S/C13H14N4O2S/c1-9(12-15-11(8-18-2)16-19-12)20-13-14-7-10-5-3-4-6-17(10)13/h3-7,9H,8H2,1-2H3. The van der Waals surface area contributed by atoms with Crippen molar-refractivity contribution in [1.82, 2.24) is 19.5 Å². The monoisotopic (exact) mass is 290 g/mol. The van der Waals surface area contributed by atoms with Crippen molar-refractivity contribution in [2.75, 3.05) is 7.11 Å². The van der Waals surface area contributed by atoms with Gasteiger partial charge in [-0.15, -0.1) is 0 Å². The quantitative estimate of drug-likeness (QED) is 0.673. The van der Waals surface area contributed by atoms with E-state index < -0.39 is 0 Å². The Bertz CT molecular complexity index is 709. The summed E-state index contributed by atoms with van der Waals surface area (Å²) in [4.78, 5) is 8.72. The van der Waals surface area contributed by atoms with Gasteiger partial charge in [-0.3, -0.25) is 4.40 Å². The third kappa shape index (κ3) is 2.54. The Morgan fingerprint density at radius 3 is 3.20 bits per heavy atom. The largest absolute Gasteiger partial charge is 0.377 e. The molecular formula is C13H14N4O2S. The summed E-state index contributed by atoms with van der Waals surface area (Å²) in [6.45, 7) is 2.37. The molecule has 0 saturated carbocycles. The first-order valence-corrected chi connectivity index (χ1v) is 7.06. The molecule has 0 aromatic carbocycles. The highest BCUT2D eigenvalue weighted by Crippen LogP contribution is 2.33. The number of thioether (sulfide) groups is 1.